The van der Waals surface area contributed by atoms with E-state index in [1.54, 1.807) is 12.1 Å². The molecule has 0 unspecified atom stereocenters. The Hall–Kier alpha value is -3.18. The van der Waals surface area contributed by atoms with Gasteiger partial charge in [0.25, 0.3) is 0 Å². The average molecular weight is 499 g/mol. The Morgan fingerprint density at radius 1 is 1.03 bits per heavy atom. The first kappa shape index (κ1) is 27.4. The van der Waals surface area contributed by atoms with Crippen LogP contribution in [0.4, 0.5) is 4.39 Å². The molecule has 0 spiro atoms. The molecule has 2 aliphatic rings. The lowest BCUT2D eigenvalue weighted by atomic mass is 9.67. The number of hydrogen-bond donors (Lipinski definition) is 0. The maximum Gasteiger partial charge on any atom is 0.342 e. The highest BCUT2D eigenvalue weighted by Crippen LogP contribution is 2.48. The molecule has 0 bridgehead atoms. The van der Waals surface area contributed by atoms with Crippen molar-refractivity contribution in [1.82, 2.24) is 0 Å². The molecule has 36 heavy (non-hydrogen) atoms. The normalized spacial score (nSPS) is 18.3. The van der Waals surface area contributed by atoms with Crippen molar-refractivity contribution in [2.24, 2.45) is 5.41 Å². The van der Waals surface area contributed by atoms with Gasteiger partial charge in [0.1, 0.15) is 11.4 Å². The summed E-state index contributed by atoms with van der Waals surface area (Å²) in [6, 6.07) is 5.69. The van der Waals surface area contributed by atoms with Crippen molar-refractivity contribution < 1.29 is 33.0 Å². The molecule has 2 aliphatic carbocycles. The molecule has 1 aromatic carbocycles. The maximum atomic E-state index is 14.4. The van der Waals surface area contributed by atoms with Crippen LogP contribution in [0.1, 0.15) is 81.5 Å². The smallest absolute Gasteiger partial charge is 0.342 e. The molecule has 0 aliphatic heterocycles. The Balaban J connectivity index is 2.19. The van der Waals surface area contributed by atoms with E-state index >= 15 is 0 Å². The first-order chi connectivity index (χ1) is 17.3. The number of carbonyl (C=O) groups excluding carboxylic acids is 3. The van der Waals surface area contributed by atoms with Crippen LogP contribution in [-0.2, 0) is 23.8 Å². The third kappa shape index (κ3) is 5.62. The average Bonchev–Trinajstić information content (AvgIpc) is 2.90. The summed E-state index contributed by atoms with van der Waals surface area (Å²) in [6.45, 7) is 2.10. The summed E-state index contributed by atoms with van der Waals surface area (Å²) in [4.78, 5) is 39.1. The Kier molecular flexibility index (Phi) is 9.27. The fourth-order valence-corrected chi connectivity index (χ4v) is 5.10. The van der Waals surface area contributed by atoms with Crippen LogP contribution in [0, 0.1) is 11.2 Å². The number of unbranched alkanes of at least 4 members (excludes halogenated alkanes) is 2. The van der Waals surface area contributed by atoms with E-state index in [1.807, 2.05) is 6.08 Å². The molecule has 3 rings (SSSR count). The third-order valence-electron chi connectivity index (χ3n) is 7.10. The van der Waals surface area contributed by atoms with Crippen LogP contribution in [0.2, 0.25) is 0 Å². The van der Waals surface area contributed by atoms with Gasteiger partial charge < -0.3 is 14.2 Å². The van der Waals surface area contributed by atoms with Crippen molar-refractivity contribution in [2.75, 3.05) is 14.2 Å². The largest absolute Gasteiger partial charge is 0.468 e. The van der Waals surface area contributed by atoms with E-state index in [9.17, 15) is 18.8 Å². The van der Waals surface area contributed by atoms with E-state index < -0.39 is 34.7 Å². The molecule has 194 valence electrons. The van der Waals surface area contributed by atoms with Crippen LogP contribution < -0.4 is 0 Å². The van der Waals surface area contributed by atoms with Gasteiger partial charge in [-0.1, -0.05) is 31.9 Å². The van der Waals surface area contributed by atoms with Gasteiger partial charge in [-0.2, -0.15) is 0 Å². The van der Waals surface area contributed by atoms with Crippen molar-refractivity contribution >= 4 is 17.9 Å². The Morgan fingerprint density at radius 3 is 2.31 bits per heavy atom. The number of hydrogen-bond acceptors (Lipinski definition) is 6. The highest BCUT2D eigenvalue weighted by molar-refractivity contribution is 6.03. The molecule has 0 saturated heterocycles. The van der Waals surface area contributed by atoms with Crippen molar-refractivity contribution in [2.45, 2.75) is 76.7 Å². The number of benzene rings is 1. The van der Waals surface area contributed by atoms with Gasteiger partial charge in [0.2, 0.25) is 0 Å². The fourth-order valence-electron chi connectivity index (χ4n) is 5.10. The summed E-state index contributed by atoms with van der Waals surface area (Å²) in [6.07, 6.45) is 10.3. The van der Waals surface area contributed by atoms with Gasteiger partial charge in [-0.3, -0.25) is 9.59 Å². The quantitative estimate of drug-likeness (QED) is 0.144. The van der Waals surface area contributed by atoms with Crippen LogP contribution in [0.3, 0.4) is 0 Å². The number of carbonyl (C=O) groups is 3. The predicted octanol–water partition coefficient (Wildman–Crippen LogP) is 6.01. The highest BCUT2D eigenvalue weighted by atomic mass is 19.1. The fraction of sp³-hybridized carbons (Fsp3) is 0.517. The third-order valence-corrected chi connectivity index (χ3v) is 7.10. The van der Waals surface area contributed by atoms with E-state index in [-0.39, 0.29) is 12.0 Å². The Bertz CT molecular complexity index is 1060. The monoisotopic (exact) mass is 498 g/mol. The number of esters is 3. The van der Waals surface area contributed by atoms with Crippen molar-refractivity contribution in [1.29, 1.82) is 0 Å². The summed E-state index contributed by atoms with van der Waals surface area (Å²) in [5.41, 5.74) is 1.74. The van der Waals surface area contributed by atoms with E-state index in [1.165, 1.54) is 32.4 Å². The van der Waals surface area contributed by atoms with Crippen LogP contribution >= 0.6 is 0 Å². The summed E-state index contributed by atoms with van der Waals surface area (Å²) in [7, 11) is 2.45. The molecule has 1 aromatic rings. The second kappa shape index (κ2) is 12.2. The summed E-state index contributed by atoms with van der Waals surface area (Å²) in [5.74, 6) is -2.91. The summed E-state index contributed by atoms with van der Waals surface area (Å²) in [5, 5.41) is 0. The zero-order chi connectivity index (χ0) is 26.2. The molecule has 1 saturated carbocycles. The number of halogens is 1. The minimum Gasteiger partial charge on any atom is -0.468 e. The van der Waals surface area contributed by atoms with Gasteiger partial charge in [0.05, 0.1) is 19.8 Å². The predicted molar refractivity (Wildman–Crippen MR) is 133 cm³/mol. The molecule has 0 N–H and O–H groups in total. The van der Waals surface area contributed by atoms with E-state index in [0.29, 0.717) is 24.8 Å². The standard InChI is InChI=1S/C29H35FO6/c1-4-5-6-8-13-21-16-19-28(26(32)34-2,27(33)35-3)20-23(21)29(17-11-7-12-18-29)36-25(31)22-14-9-10-15-24(22)30/h8-10,14-15,20H,4-7,11-12,16-19H2,1-3H3. The lowest BCUT2D eigenvalue weighted by molar-refractivity contribution is -0.165. The SMILES string of the molecule is CCCCC=C=C1CCC(C(=O)OC)(C(=O)OC)C=C1C1(OC(=O)c2ccccc2F)CCCCC1. The zero-order valence-corrected chi connectivity index (χ0v) is 21.4. The number of methoxy groups -OCH3 is 2. The lowest BCUT2D eigenvalue weighted by Crippen LogP contribution is -2.46. The minimum absolute atomic E-state index is 0.150. The Labute approximate surface area is 212 Å². The van der Waals surface area contributed by atoms with Crippen molar-refractivity contribution in [3.8, 4) is 0 Å². The Morgan fingerprint density at radius 2 is 1.69 bits per heavy atom. The summed E-state index contributed by atoms with van der Waals surface area (Å²) >= 11 is 0. The molecule has 1 fully saturated rings. The van der Waals surface area contributed by atoms with Crippen molar-refractivity contribution in [3.05, 3.63) is 64.7 Å². The topological polar surface area (TPSA) is 78.9 Å². The molecular weight excluding hydrogens is 463 g/mol. The van der Waals surface area contributed by atoms with E-state index in [0.717, 1.165) is 44.1 Å². The van der Waals surface area contributed by atoms with Gasteiger partial charge in [-0.25, -0.2) is 9.18 Å². The molecule has 7 heteroatoms. The lowest BCUT2D eigenvalue weighted by Gasteiger charge is -2.42. The molecule has 6 nitrogen and oxygen atoms in total. The first-order valence-corrected chi connectivity index (χ1v) is 12.7. The van der Waals surface area contributed by atoms with E-state index in [4.69, 9.17) is 14.2 Å². The van der Waals surface area contributed by atoms with Gasteiger partial charge >= 0.3 is 17.9 Å². The van der Waals surface area contributed by atoms with Crippen LogP contribution in [0.25, 0.3) is 0 Å². The molecule has 0 radical (unpaired) electrons. The second-order valence-electron chi connectivity index (χ2n) is 9.41. The van der Waals surface area contributed by atoms with Gasteiger partial charge in [-0.05, 0) is 75.7 Å². The highest BCUT2D eigenvalue weighted by Gasteiger charge is 2.53. The van der Waals surface area contributed by atoms with Gasteiger partial charge in [-0.15, -0.1) is 5.73 Å². The number of rotatable bonds is 8. The van der Waals surface area contributed by atoms with Crippen LogP contribution in [0.15, 0.2) is 53.3 Å². The van der Waals surface area contributed by atoms with Crippen LogP contribution in [-0.4, -0.2) is 37.7 Å². The van der Waals surface area contributed by atoms with Gasteiger partial charge in [0.15, 0.2) is 5.41 Å². The molecule has 0 atom stereocenters. The minimum atomic E-state index is -1.66. The van der Waals surface area contributed by atoms with Gasteiger partial charge in [0, 0.05) is 11.1 Å². The molecule has 0 heterocycles. The second-order valence-corrected chi connectivity index (χ2v) is 9.41. The number of ether oxygens (including phenoxy) is 3. The molecule has 0 amide bonds. The first-order valence-electron chi connectivity index (χ1n) is 12.7. The zero-order valence-electron chi connectivity index (χ0n) is 21.4. The van der Waals surface area contributed by atoms with E-state index in [2.05, 4.69) is 12.7 Å². The van der Waals surface area contributed by atoms with Crippen molar-refractivity contribution in [3.63, 3.8) is 0 Å². The summed E-state index contributed by atoms with van der Waals surface area (Å²) < 4.78 is 30.6. The molecular formula is C29H35FO6. The molecule has 0 aromatic heterocycles. The maximum absolute atomic E-state index is 14.4. The van der Waals surface area contributed by atoms with Crippen LogP contribution in [0.5, 0.6) is 0 Å².